The van der Waals surface area contributed by atoms with E-state index in [2.05, 4.69) is 5.16 Å². The average Bonchev–Trinajstić information content (AvgIpc) is 2.90. The molecule has 3 N–H and O–H groups in total. The molecule has 2 rings (SSSR count). The fraction of sp³-hybridized carbons (Fsp3) is 0.364. The number of nitrogens with zero attached hydrogens (tertiary/aromatic N) is 2. The number of benzene rings is 1. The lowest BCUT2D eigenvalue weighted by Crippen LogP contribution is -2.43. The summed E-state index contributed by atoms with van der Waals surface area (Å²) in [5.41, 5.74) is 5.55. The molecular formula is C11H13Cl2N3O3S. The first-order valence-electron chi connectivity index (χ1n) is 5.82. The molecule has 1 aromatic rings. The highest BCUT2D eigenvalue weighted by Gasteiger charge is 2.38. The number of nitrogens with two attached hydrogens (primary N) is 1. The van der Waals surface area contributed by atoms with Crippen molar-refractivity contribution in [2.24, 2.45) is 10.9 Å². The maximum absolute atomic E-state index is 12.6. The molecule has 0 radical (unpaired) electrons. The van der Waals surface area contributed by atoms with Gasteiger partial charge in [0, 0.05) is 11.6 Å². The topological polar surface area (TPSA) is 96.0 Å². The van der Waals surface area contributed by atoms with Crippen molar-refractivity contribution in [1.29, 1.82) is 0 Å². The van der Waals surface area contributed by atoms with Crippen molar-refractivity contribution in [2.75, 3.05) is 6.54 Å². The summed E-state index contributed by atoms with van der Waals surface area (Å²) in [5.74, 6) is -0.135. The number of hydrogen-bond acceptors (Lipinski definition) is 4. The van der Waals surface area contributed by atoms with Crippen molar-refractivity contribution in [3.8, 4) is 0 Å². The summed E-state index contributed by atoms with van der Waals surface area (Å²) in [7, 11) is -3.85. The zero-order valence-corrected chi connectivity index (χ0v) is 12.7. The van der Waals surface area contributed by atoms with Crippen LogP contribution in [0.3, 0.4) is 0 Å². The van der Waals surface area contributed by atoms with Crippen LogP contribution in [-0.2, 0) is 10.0 Å². The zero-order chi connectivity index (χ0) is 14.9. The van der Waals surface area contributed by atoms with Crippen molar-refractivity contribution in [1.82, 2.24) is 4.31 Å². The van der Waals surface area contributed by atoms with Gasteiger partial charge in [-0.25, -0.2) is 8.42 Å². The van der Waals surface area contributed by atoms with E-state index in [1.54, 1.807) is 0 Å². The van der Waals surface area contributed by atoms with Gasteiger partial charge >= 0.3 is 0 Å². The normalized spacial score (nSPS) is 21.3. The number of amidine groups is 1. The lowest BCUT2D eigenvalue weighted by atomic mass is 10.2. The third-order valence-electron chi connectivity index (χ3n) is 3.14. The van der Waals surface area contributed by atoms with Crippen LogP contribution in [0, 0.1) is 0 Å². The van der Waals surface area contributed by atoms with Crippen molar-refractivity contribution < 1.29 is 13.6 Å². The van der Waals surface area contributed by atoms with Gasteiger partial charge in [0.25, 0.3) is 0 Å². The van der Waals surface area contributed by atoms with E-state index in [4.69, 9.17) is 34.1 Å². The molecular weight excluding hydrogens is 325 g/mol. The number of oxime groups is 1. The molecule has 1 aliphatic rings. The molecule has 0 bridgehead atoms. The first-order valence-corrected chi connectivity index (χ1v) is 8.02. The van der Waals surface area contributed by atoms with Gasteiger partial charge in [0.2, 0.25) is 10.0 Å². The van der Waals surface area contributed by atoms with Gasteiger partial charge in [-0.05, 0) is 31.0 Å². The van der Waals surface area contributed by atoms with Gasteiger partial charge in [0.1, 0.15) is 4.90 Å². The van der Waals surface area contributed by atoms with E-state index >= 15 is 0 Å². The molecule has 6 nitrogen and oxygen atoms in total. The van der Waals surface area contributed by atoms with Crippen LogP contribution in [0.5, 0.6) is 0 Å². The quantitative estimate of drug-likeness (QED) is 0.381. The zero-order valence-electron chi connectivity index (χ0n) is 10.3. The van der Waals surface area contributed by atoms with E-state index in [1.165, 1.54) is 22.5 Å². The van der Waals surface area contributed by atoms with E-state index in [0.29, 0.717) is 12.8 Å². The Morgan fingerprint density at radius 3 is 2.80 bits per heavy atom. The molecule has 0 aliphatic carbocycles. The van der Waals surface area contributed by atoms with Gasteiger partial charge in [-0.1, -0.05) is 28.4 Å². The van der Waals surface area contributed by atoms with Crippen LogP contribution in [0.1, 0.15) is 12.8 Å². The van der Waals surface area contributed by atoms with Crippen molar-refractivity contribution in [3.63, 3.8) is 0 Å². The molecule has 1 atom stereocenters. The fourth-order valence-electron chi connectivity index (χ4n) is 2.19. The molecule has 1 unspecified atom stereocenters. The molecule has 9 heteroatoms. The van der Waals surface area contributed by atoms with Crippen LogP contribution in [0.15, 0.2) is 28.3 Å². The van der Waals surface area contributed by atoms with Gasteiger partial charge in [0.15, 0.2) is 5.84 Å². The SMILES string of the molecule is NC(=NO)C1CCCN1S(=O)(=O)c1cc(Cl)ccc1Cl. The summed E-state index contributed by atoms with van der Waals surface area (Å²) in [6.07, 6.45) is 1.12. The minimum atomic E-state index is -3.85. The van der Waals surface area contributed by atoms with Crippen LogP contribution >= 0.6 is 23.2 Å². The summed E-state index contributed by atoms with van der Waals surface area (Å²) in [6.45, 7) is 0.284. The van der Waals surface area contributed by atoms with Gasteiger partial charge < -0.3 is 10.9 Å². The van der Waals surface area contributed by atoms with E-state index in [-0.39, 0.29) is 27.3 Å². The van der Waals surface area contributed by atoms with Gasteiger partial charge in [-0.3, -0.25) is 0 Å². The number of halogens is 2. The smallest absolute Gasteiger partial charge is 0.245 e. The van der Waals surface area contributed by atoms with Crippen LogP contribution in [0.4, 0.5) is 0 Å². The fourth-order valence-corrected chi connectivity index (χ4v) is 4.60. The minimum absolute atomic E-state index is 0.0793. The highest BCUT2D eigenvalue weighted by Crippen LogP contribution is 2.31. The Bertz CT molecular complexity index is 648. The Kier molecular flexibility index (Phi) is 4.43. The molecule has 1 aliphatic heterocycles. The largest absolute Gasteiger partial charge is 0.409 e. The summed E-state index contributed by atoms with van der Waals surface area (Å²) in [6, 6.07) is 3.56. The molecule has 110 valence electrons. The van der Waals surface area contributed by atoms with Gasteiger partial charge in [-0.2, -0.15) is 4.31 Å². The van der Waals surface area contributed by atoms with E-state index in [9.17, 15) is 8.42 Å². The molecule has 1 fully saturated rings. The van der Waals surface area contributed by atoms with E-state index < -0.39 is 16.1 Å². The van der Waals surface area contributed by atoms with E-state index in [0.717, 1.165) is 0 Å². The third-order valence-corrected chi connectivity index (χ3v) is 5.77. The maximum Gasteiger partial charge on any atom is 0.245 e. The Morgan fingerprint density at radius 1 is 1.45 bits per heavy atom. The lowest BCUT2D eigenvalue weighted by Gasteiger charge is -2.23. The third kappa shape index (κ3) is 2.71. The van der Waals surface area contributed by atoms with Crippen LogP contribution < -0.4 is 5.73 Å². The average molecular weight is 338 g/mol. The predicted molar refractivity (Wildman–Crippen MR) is 76.8 cm³/mol. The molecule has 1 heterocycles. The highest BCUT2D eigenvalue weighted by molar-refractivity contribution is 7.89. The second kappa shape index (κ2) is 5.77. The summed E-state index contributed by atoms with van der Waals surface area (Å²) >= 11 is 11.8. The molecule has 0 amide bonds. The minimum Gasteiger partial charge on any atom is -0.409 e. The van der Waals surface area contributed by atoms with Crippen LogP contribution in [0.25, 0.3) is 0 Å². The molecule has 20 heavy (non-hydrogen) atoms. The number of sulfonamides is 1. The predicted octanol–water partition coefficient (Wildman–Crippen LogP) is 1.89. The molecule has 0 spiro atoms. The van der Waals surface area contributed by atoms with Crippen LogP contribution in [0.2, 0.25) is 10.0 Å². The second-order valence-corrected chi connectivity index (χ2v) is 7.08. The summed E-state index contributed by atoms with van der Waals surface area (Å²) < 4.78 is 26.4. The van der Waals surface area contributed by atoms with Crippen molar-refractivity contribution in [3.05, 3.63) is 28.2 Å². The Morgan fingerprint density at radius 2 is 2.15 bits per heavy atom. The monoisotopic (exact) mass is 337 g/mol. The Hall–Kier alpha value is -1.02. The standard InChI is InChI=1S/C11H13Cl2N3O3S/c12-7-3-4-8(13)10(6-7)20(18,19)16-5-1-2-9(16)11(14)15-17/h3-4,6,9,17H,1-2,5H2,(H2,14,15). The number of rotatable bonds is 3. The van der Waals surface area contributed by atoms with Crippen molar-refractivity contribution in [2.45, 2.75) is 23.8 Å². The van der Waals surface area contributed by atoms with E-state index in [1.807, 2.05) is 0 Å². The Balaban J connectivity index is 2.47. The molecule has 1 aromatic carbocycles. The summed E-state index contributed by atoms with van der Waals surface area (Å²) in [5, 5.41) is 12.0. The number of hydrogen-bond donors (Lipinski definition) is 2. The summed E-state index contributed by atoms with van der Waals surface area (Å²) in [4.78, 5) is -0.0793. The first kappa shape index (κ1) is 15.4. The molecule has 0 aromatic heterocycles. The van der Waals surface area contributed by atoms with Gasteiger partial charge in [-0.15, -0.1) is 0 Å². The molecule has 1 saturated heterocycles. The second-order valence-electron chi connectivity index (χ2n) is 4.37. The van der Waals surface area contributed by atoms with Crippen molar-refractivity contribution >= 4 is 39.1 Å². The lowest BCUT2D eigenvalue weighted by molar-refractivity contribution is 0.311. The molecule has 0 saturated carbocycles. The Labute approximate surface area is 126 Å². The van der Waals surface area contributed by atoms with Gasteiger partial charge in [0.05, 0.1) is 11.1 Å². The maximum atomic E-state index is 12.6. The highest BCUT2D eigenvalue weighted by atomic mass is 35.5. The van der Waals surface area contributed by atoms with Crippen LogP contribution in [-0.4, -0.2) is 36.4 Å². The first-order chi connectivity index (χ1) is 9.37.